The zero-order valence-electron chi connectivity index (χ0n) is 10.2. The molecule has 1 aromatic heterocycles. The third kappa shape index (κ3) is 2.83. The largest absolute Gasteiger partial charge is 0.494 e. The number of imidazole rings is 1. The predicted octanol–water partition coefficient (Wildman–Crippen LogP) is 2.29. The predicted molar refractivity (Wildman–Crippen MR) is 72.7 cm³/mol. The van der Waals surface area contributed by atoms with Gasteiger partial charge in [0.2, 0.25) is 5.16 Å². The van der Waals surface area contributed by atoms with Gasteiger partial charge < -0.3 is 14.3 Å². The Morgan fingerprint density at radius 3 is 3.00 bits per heavy atom. The van der Waals surface area contributed by atoms with Crippen molar-refractivity contribution >= 4 is 26.7 Å². The van der Waals surface area contributed by atoms with Gasteiger partial charge in [0.25, 0.3) is 0 Å². The molecule has 0 fully saturated rings. The van der Waals surface area contributed by atoms with Crippen molar-refractivity contribution < 1.29 is 13.5 Å². The summed E-state index contributed by atoms with van der Waals surface area (Å²) < 4.78 is 26.2. The number of H-pyrrole nitrogens is 1. The number of nitrogens with one attached hydrogen (secondary N) is 1. The number of hydrogen-bond donors (Lipinski definition) is 2. The van der Waals surface area contributed by atoms with Crippen LogP contribution in [0.25, 0.3) is 11.0 Å². The molecule has 6 heteroatoms. The molecular formula is C12H16N2O3S. The highest BCUT2D eigenvalue weighted by molar-refractivity contribution is 7.94. The van der Waals surface area contributed by atoms with Crippen LogP contribution in [0.5, 0.6) is 5.75 Å². The third-order valence-electron chi connectivity index (χ3n) is 2.50. The standard InChI is InChI=1S/C12H16N2O3S/c1-3-4-7-17-9-5-6-10-11(8-9)14-12(13-10)18(2,15)16/h5-6,8H,2-4,7H2,1H3,(H,13,14)(H,15,16). The van der Waals surface area contributed by atoms with Crippen LogP contribution in [0.3, 0.4) is 0 Å². The lowest BCUT2D eigenvalue weighted by atomic mass is 10.3. The average Bonchev–Trinajstić information content (AvgIpc) is 2.72. The highest BCUT2D eigenvalue weighted by Gasteiger charge is 2.10. The Hall–Kier alpha value is -1.53. The summed E-state index contributed by atoms with van der Waals surface area (Å²) >= 11 is 0. The Balaban J connectivity index is 2.28. The van der Waals surface area contributed by atoms with Crippen LogP contribution >= 0.6 is 0 Å². The molecule has 0 spiro atoms. The van der Waals surface area contributed by atoms with Crippen LogP contribution in [-0.2, 0) is 9.80 Å². The highest BCUT2D eigenvalue weighted by Crippen LogP contribution is 2.20. The van der Waals surface area contributed by atoms with Crippen molar-refractivity contribution in [1.82, 2.24) is 9.97 Å². The summed E-state index contributed by atoms with van der Waals surface area (Å²) in [5, 5.41) is -0.0109. The molecule has 0 aliphatic rings. The Labute approximate surface area is 106 Å². The average molecular weight is 268 g/mol. The minimum absolute atomic E-state index is 0.0109. The van der Waals surface area contributed by atoms with Crippen LogP contribution < -0.4 is 4.74 Å². The second kappa shape index (κ2) is 4.99. The number of rotatable bonds is 5. The van der Waals surface area contributed by atoms with Crippen molar-refractivity contribution in [3.63, 3.8) is 0 Å². The molecule has 2 rings (SSSR count). The summed E-state index contributed by atoms with van der Waals surface area (Å²) in [7, 11) is -3.31. The first-order chi connectivity index (χ1) is 8.50. The Kier molecular flexibility index (Phi) is 3.58. The van der Waals surface area contributed by atoms with Gasteiger partial charge in [-0.3, -0.25) is 0 Å². The zero-order valence-corrected chi connectivity index (χ0v) is 11.0. The van der Waals surface area contributed by atoms with E-state index in [1.165, 1.54) is 0 Å². The van der Waals surface area contributed by atoms with Crippen LogP contribution in [0.1, 0.15) is 19.8 Å². The van der Waals surface area contributed by atoms with E-state index >= 15 is 0 Å². The summed E-state index contributed by atoms with van der Waals surface area (Å²) in [4.78, 5) is 6.81. The summed E-state index contributed by atoms with van der Waals surface area (Å²) in [5.74, 6) is 3.90. The number of aromatic nitrogens is 2. The normalized spacial score (nSPS) is 14.6. The number of ether oxygens (including phenoxy) is 1. The molecule has 0 radical (unpaired) electrons. The van der Waals surface area contributed by atoms with Gasteiger partial charge in [0.05, 0.1) is 17.6 Å². The third-order valence-corrected chi connectivity index (χ3v) is 3.30. The van der Waals surface area contributed by atoms with Gasteiger partial charge in [-0.1, -0.05) is 13.3 Å². The van der Waals surface area contributed by atoms with Crippen LogP contribution in [-0.4, -0.2) is 31.2 Å². The molecule has 98 valence electrons. The van der Waals surface area contributed by atoms with Gasteiger partial charge in [0.15, 0.2) is 0 Å². The molecule has 2 aromatic rings. The maximum absolute atomic E-state index is 11.4. The van der Waals surface area contributed by atoms with Crippen molar-refractivity contribution in [3.8, 4) is 5.75 Å². The van der Waals surface area contributed by atoms with Crippen molar-refractivity contribution in [2.24, 2.45) is 0 Å². The number of fused-ring (bicyclic) bond motifs is 1. The van der Waals surface area contributed by atoms with Gasteiger partial charge in [-0.15, -0.1) is 0 Å². The molecule has 1 heterocycles. The van der Waals surface area contributed by atoms with Gasteiger partial charge in [-0.25, -0.2) is 9.19 Å². The lowest BCUT2D eigenvalue weighted by Gasteiger charge is -2.04. The molecule has 1 aromatic carbocycles. The summed E-state index contributed by atoms with van der Waals surface area (Å²) in [6.07, 6.45) is 2.07. The minimum Gasteiger partial charge on any atom is -0.494 e. The topological polar surface area (TPSA) is 75.2 Å². The Bertz CT molecular complexity index is 646. The fourth-order valence-electron chi connectivity index (χ4n) is 1.54. The van der Waals surface area contributed by atoms with Crippen LogP contribution in [0.15, 0.2) is 23.4 Å². The zero-order chi connectivity index (χ0) is 13.2. The van der Waals surface area contributed by atoms with Crippen molar-refractivity contribution in [2.75, 3.05) is 6.61 Å². The fourth-order valence-corrected chi connectivity index (χ4v) is 2.05. The maximum atomic E-state index is 11.4. The lowest BCUT2D eigenvalue weighted by molar-refractivity contribution is 0.310. The summed E-state index contributed by atoms with van der Waals surface area (Å²) in [6.45, 7) is 2.76. The van der Waals surface area contributed by atoms with Gasteiger partial charge in [0, 0.05) is 6.07 Å². The number of aromatic amines is 1. The van der Waals surface area contributed by atoms with E-state index in [-0.39, 0.29) is 5.16 Å². The molecule has 1 unspecified atom stereocenters. The monoisotopic (exact) mass is 268 g/mol. The molecule has 0 aliphatic heterocycles. The SMILES string of the molecule is C=S(=O)(O)c1nc2ccc(OCCCC)cc2[nH]1. The van der Waals surface area contributed by atoms with Crippen molar-refractivity contribution in [1.29, 1.82) is 0 Å². The van der Waals surface area contributed by atoms with Crippen LogP contribution in [0, 0.1) is 0 Å². The van der Waals surface area contributed by atoms with Crippen molar-refractivity contribution in [3.05, 3.63) is 18.2 Å². The van der Waals surface area contributed by atoms with Gasteiger partial charge in [0.1, 0.15) is 15.6 Å². The highest BCUT2D eigenvalue weighted by atomic mass is 32.2. The molecule has 0 bridgehead atoms. The van der Waals surface area contributed by atoms with Crippen LogP contribution in [0.4, 0.5) is 0 Å². The molecule has 0 saturated carbocycles. The Morgan fingerprint density at radius 2 is 2.33 bits per heavy atom. The quantitative estimate of drug-likeness (QED) is 0.644. The molecule has 2 N–H and O–H groups in total. The second-order valence-electron chi connectivity index (χ2n) is 4.06. The molecular weight excluding hydrogens is 252 g/mol. The number of benzene rings is 1. The molecule has 18 heavy (non-hydrogen) atoms. The molecule has 0 aliphatic carbocycles. The van der Waals surface area contributed by atoms with Crippen molar-refractivity contribution in [2.45, 2.75) is 24.9 Å². The second-order valence-corrected chi connectivity index (χ2v) is 5.73. The molecule has 0 amide bonds. The summed E-state index contributed by atoms with van der Waals surface area (Å²) in [6, 6.07) is 5.32. The lowest BCUT2D eigenvalue weighted by Crippen LogP contribution is -1.99. The van der Waals surface area contributed by atoms with Crippen LogP contribution in [0.2, 0.25) is 0 Å². The first kappa shape index (κ1) is 12.9. The number of nitrogens with zero attached hydrogens (tertiary/aromatic N) is 1. The smallest absolute Gasteiger partial charge is 0.214 e. The van der Waals surface area contributed by atoms with E-state index < -0.39 is 9.80 Å². The first-order valence-corrected chi connectivity index (χ1v) is 7.41. The van der Waals surface area contributed by atoms with E-state index in [4.69, 9.17) is 4.74 Å². The van der Waals surface area contributed by atoms with Gasteiger partial charge >= 0.3 is 0 Å². The minimum atomic E-state index is -3.31. The van der Waals surface area contributed by atoms with E-state index in [1.807, 2.05) is 0 Å². The maximum Gasteiger partial charge on any atom is 0.214 e. The fraction of sp³-hybridized carbons (Fsp3) is 0.333. The molecule has 5 nitrogen and oxygen atoms in total. The van der Waals surface area contributed by atoms with E-state index in [0.29, 0.717) is 17.6 Å². The van der Waals surface area contributed by atoms with E-state index in [9.17, 15) is 8.76 Å². The van der Waals surface area contributed by atoms with Gasteiger partial charge in [-0.05, 0) is 24.4 Å². The van der Waals surface area contributed by atoms with E-state index in [2.05, 4.69) is 22.8 Å². The Morgan fingerprint density at radius 1 is 1.56 bits per heavy atom. The van der Waals surface area contributed by atoms with E-state index in [0.717, 1.165) is 18.6 Å². The number of hydrogen-bond acceptors (Lipinski definition) is 3. The molecule has 1 atom stereocenters. The van der Waals surface area contributed by atoms with Gasteiger partial charge in [-0.2, -0.15) is 0 Å². The summed E-state index contributed by atoms with van der Waals surface area (Å²) in [5.41, 5.74) is 1.29. The molecule has 0 saturated heterocycles. The van der Waals surface area contributed by atoms with E-state index in [1.54, 1.807) is 18.2 Å². The first-order valence-electron chi connectivity index (χ1n) is 5.73. The number of unbranched alkanes of at least 4 members (excludes halogenated alkanes) is 1.